The summed E-state index contributed by atoms with van der Waals surface area (Å²) in [6, 6.07) is 9.59. The summed E-state index contributed by atoms with van der Waals surface area (Å²) in [5, 5.41) is 13.0. The number of methoxy groups -OCH3 is 1. The van der Waals surface area contributed by atoms with Gasteiger partial charge in [0, 0.05) is 11.0 Å². The number of halogens is 1. The molecule has 3 nitrogen and oxygen atoms in total. The maximum atomic E-state index is 9.59. The van der Waals surface area contributed by atoms with Crippen LogP contribution >= 0.6 is 15.9 Å². The minimum atomic E-state index is 0.156. The number of aryl methyl sites for hydroxylation is 2. The summed E-state index contributed by atoms with van der Waals surface area (Å²) >= 11 is 3.58. The first-order chi connectivity index (χ1) is 9.51. The van der Waals surface area contributed by atoms with Crippen LogP contribution in [0.5, 0.6) is 11.5 Å². The number of hydrogen-bond donors (Lipinski definition) is 2. The van der Waals surface area contributed by atoms with Gasteiger partial charge in [0.2, 0.25) is 0 Å². The smallest absolute Gasteiger partial charge is 0.160 e. The number of nitrogens with one attached hydrogen (secondary N) is 1. The molecule has 2 rings (SSSR count). The molecule has 0 unspecified atom stereocenters. The molecule has 0 fully saturated rings. The maximum absolute atomic E-state index is 9.59. The lowest BCUT2D eigenvalue weighted by atomic mass is 10.1. The quantitative estimate of drug-likeness (QED) is 0.870. The van der Waals surface area contributed by atoms with Gasteiger partial charge < -0.3 is 15.2 Å². The zero-order chi connectivity index (χ0) is 14.7. The molecule has 0 aromatic heterocycles. The predicted molar refractivity (Wildman–Crippen MR) is 85.6 cm³/mol. The average molecular weight is 336 g/mol. The molecule has 0 aliphatic heterocycles. The molecule has 0 aliphatic rings. The zero-order valence-corrected chi connectivity index (χ0v) is 13.4. The molecule has 0 atom stereocenters. The normalized spacial score (nSPS) is 10.4. The number of anilines is 1. The number of phenolic OH excluding ortho intramolecular Hbond substituents is 1. The van der Waals surface area contributed by atoms with Gasteiger partial charge in [0.15, 0.2) is 11.5 Å². The monoisotopic (exact) mass is 335 g/mol. The van der Waals surface area contributed by atoms with Crippen LogP contribution in [-0.2, 0) is 6.54 Å². The topological polar surface area (TPSA) is 41.5 Å². The van der Waals surface area contributed by atoms with Crippen molar-refractivity contribution in [3.05, 3.63) is 51.5 Å². The largest absolute Gasteiger partial charge is 0.504 e. The van der Waals surface area contributed by atoms with Gasteiger partial charge in [-0.2, -0.15) is 0 Å². The molecule has 2 N–H and O–H groups in total. The Morgan fingerprint density at radius 2 is 1.95 bits per heavy atom. The van der Waals surface area contributed by atoms with Crippen LogP contribution in [0.1, 0.15) is 16.7 Å². The van der Waals surface area contributed by atoms with E-state index in [2.05, 4.69) is 47.2 Å². The molecule has 0 saturated heterocycles. The molecule has 0 radical (unpaired) electrons. The van der Waals surface area contributed by atoms with Crippen molar-refractivity contribution in [3.8, 4) is 11.5 Å². The van der Waals surface area contributed by atoms with E-state index in [1.165, 1.54) is 11.1 Å². The van der Waals surface area contributed by atoms with Crippen molar-refractivity contribution in [3.63, 3.8) is 0 Å². The summed E-state index contributed by atoms with van der Waals surface area (Å²) in [7, 11) is 1.55. The van der Waals surface area contributed by atoms with Gasteiger partial charge in [-0.05, 0) is 64.7 Å². The van der Waals surface area contributed by atoms with E-state index in [1.54, 1.807) is 13.2 Å². The fourth-order valence-corrected chi connectivity index (χ4v) is 2.98. The fourth-order valence-electron chi connectivity index (χ4n) is 2.16. The second kappa shape index (κ2) is 6.18. The second-order valence-corrected chi connectivity index (χ2v) is 5.65. The van der Waals surface area contributed by atoms with E-state index in [4.69, 9.17) is 4.74 Å². The Morgan fingerprint density at radius 1 is 1.20 bits per heavy atom. The Bertz CT molecular complexity index is 603. The molecule has 106 valence electrons. The molecule has 0 amide bonds. The summed E-state index contributed by atoms with van der Waals surface area (Å²) < 4.78 is 6.17. The first-order valence-electron chi connectivity index (χ1n) is 6.37. The Balaban J connectivity index is 2.17. The first kappa shape index (κ1) is 14.7. The van der Waals surface area contributed by atoms with Crippen LogP contribution in [0.2, 0.25) is 0 Å². The van der Waals surface area contributed by atoms with E-state index in [0.717, 1.165) is 15.7 Å². The summed E-state index contributed by atoms with van der Waals surface area (Å²) in [5.41, 5.74) is 4.56. The highest BCUT2D eigenvalue weighted by molar-refractivity contribution is 9.10. The van der Waals surface area contributed by atoms with Crippen LogP contribution < -0.4 is 10.1 Å². The molecule has 0 heterocycles. The van der Waals surface area contributed by atoms with Crippen LogP contribution in [0.3, 0.4) is 0 Å². The lowest BCUT2D eigenvalue weighted by molar-refractivity contribution is 0.373. The number of benzene rings is 2. The first-order valence-corrected chi connectivity index (χ1v) is 7.17. The molecule has 0 bridgehead atoms. The van der Waals surface area contributed by atoms with Crippen molar-refractivity contribution in [1.82, 2.24) is 0 Å². The standard InChI is InChI=1S/C16H18BrNO2/c1-10-6-11(2)16(13(17)7-10)18-9-12-4-5-14(19)15(8-12)20-3/h4-8,18-19H,9H2,1-3H3. The van der Waals surface area contributed by atoms with Gasteiger partial charge in [0.05, 0.1) is 12.8 Å². The van der Waals surface area contributed by atoms with Crippen molar-refractivity contribution in [1.29, 1.82) is 0 Å². The van der Waals surface area contributed by atoms with Gasteiger partial charge in [0.25, 0.3) is 0 Å². The Labute approximate surface area is 127 Å². The van der Waals surface area contributed by atoms with Gasteiger partial charge in [-0.15, -0.1) is 0 Å². The minimum absolute atomic E-state index is 0.156. The van der Waals surface area contributed by atoms with Crippen LogP contribution in [-0.4, -0.2) is 12.2 Å². The van der Waals surface area contributed by atoms with Gasteiger partial charge >= 0.3 is 0 Å². The number of rotatable bonds is 4. The zero-order valence-electron chi connectivity index (χ0n) is 11.8. The summed E-state index contributed by atoms with van der Waals surface area (Å²) in [4.78, 5) is 0. The van der Waals surface area contributed by atoms with Crippen LogP contribution in [0.15, 0.2) is 34.8 Å². The highest BCUT2D eigenvalue weighted by Gasteiger charge is 2.06. The van der Waals surface area contributed by atoms with Crippen molar-refractivity contribution in [2.75, 3.05) is 12.4 Å². The molecule has 2 aromatic rings. The van der Waals surface area contributed by atoms with Crippen LogP contribution in [0.25, 0.3) is 0 Å². The summed E-state index contributed by atoms with van der Waals surface area (Å²) in [6.45, 7) is 4.82. The van der Waals surface area contributed by atoms with Gasteiger partial charge in [-0.1, -0.05) is 12.1 Å². The van der Waals surface area contributed by atoms with E-state index < -0.39 is 0 Å². The molecular formula is C16H18BrNO2. The highest BCUT2D eigenvalue weighted by atomic mass is 79.9. The average Bonchev–Trinajstić information content (AvgIpc) is 2.39. The summed E-state index contributed by atoms with van der Waals surface area (Å²) in [6.07, 6.45) is 0. The van der Waals surface area contributed by atoms with Gasteiger partial charge in [-0.25, -0.2) is 0 Å². The van der Waals surface area contributed by atoms with Crippen molar-refractivity contribution in [2.24, 2.45) is 0 Å². The third kappa shape index (κ3) is 3.25. The molecule has 0 aliphatic carbocycles. The van der Waals surface area contributed by atoms with Crippen molar-refractivity contribution >= 4 is 21.6 Å². The van der Waals surface area contributed by atoms with Crippen molar-refractivity contribution < 1.29 is 9.84 Å². The maximum Gasteiger partial charge on any atom is 0.160 e. The van der Waals surface area contributed by atoms with E-state index in [1.807, 2.05) is 12.1 Å². The minimum Gasteiger partial charge on any atom is -0.504 e. The Morgan fingerprint density at radius 3 is 2.60 bits per heavy atom. The summed E-state index contributed by atoms with van der Waals surface area (Å²) in [5.74, 6) is 0.646. The highest BCUT2D eigenvalue weighted by Crippen LogP contribution is 2.30. The fraction of sp³-hybridized carbons (Fsp3) is 0.250. The SMILES string of the molecule is COc1cc(CNc2c(C)cc(C)cc2Br)ccc1O. The van der Waals surface area contributed by atoms with Crippen LogP contribution in [0, 0.1) is 13.8 Å². The van der Waals surface area contributed by atoms with E-state index in [9.17, 15) is 5.11 Å². The number of aromatic hydroxyl groups is 1. The Hall–Kier alpha value is -1.68. The van der Waals surface area contributed by atoms with Crippen molar-refractivity contribution in [2.45, 2.75) is 20.4 Å². The molecule has 0 spiro atoms. The molecule has 20 heavy (non-hydrogen) atoms. The van der Waals surface area contributed by atoms with Crippen LogP contribution in [0.4, 0.5) is 5.69 Å². The molecule has 0 saturated carbocycles. The lowest BCUT2D eigenvalue weighted by Crippen LogP contribution is -2.02. The van der Waals surface area contributed by atoms with E-state index in [-0.39, 0.29) is 5.75 Å². The third-order valence-corrected chi connectivity index (χ3v) is 3.77. The number of ether oxygens (including phenoxy) is 1. The van der Waals surface area contributed by atoms with Gasteiger partial charge in [-0.3, -0.25) is 0 Å². The van der Waals surface area contributed by atoms with Gasteiger partial charge in [0.1, 0.15) is 0 Å². The predicted octanol–water partition coefficient (Wildman–Crippen LogP) is 4.39. The molecular weight excluding hydrogens is 318 g/mol. The second-order valence-electron chi connectivity index (χ2n) is 4.80. The number of hydrogen-bond acceptors (Lipinski definition) is 3. The van der Waals surface area contributed by atoms with E-state index >= 15 is 0 Å². The molecule has 4 heteroatoms. The Kier molecular flexibility index (Phi) is 4.55. The molecule has 2 aromatic carbocycles. The van der Waals surface area contributed by atoms with E-state index in [0.29, 0.717) is 12.3 Å². The lowest BCUT2D eigenvalue weighted by Gasteiger charge is -2.13. The third-order valence-electron chi connectivity index (χ3n) is 3.15. The number of phenols is 1.